The highest BCUT2D eigenvalue weighted by Crippen LogP contribution is 1.96. The van der Waals surface area contributed by atoms with Gasteiger partial charge in [-0.3, -0.25) is 29.0 Å². The molecule has 0 aliphatic heterocycles. The summed E-state index contributed by atoms with van der Waals surface area (Å²) in [6, 6.07) is 0. The Bertz CT molecular complexity index is 439. The van der Waals surface area contributed by atoms with E-state index in [4.69, 9.17) is 0 Å². The van der Waals surface area contributed by atoms with Crippen molar-refractivity contribution < 1.29 is 19.2 Å². The zero-order chi connectivity index (χ0) is 19.2. The fraction of sp³-hybridized carbons (Fsp3) is 0.733. The number of carbonyl (C=O) groups excluding carboxylic acids is 4. The normalized spacial score (nSPS) is 10.5. The third kappa shape index (κ3) is 11.1. The van der Waals surface area contributed by atoms with Gasteiger partial charge < -0.3 is 21.3 Å². The van der Waals surface area contributed by atoms with E-state index in [-0.39, 0.29) is 49.7 Å². The maximum atomic E-state index is 11.6. The SMILES string of the molecule is CNC(=O)CCN(CCN(CC(=O)NC)CC(=O)NC)CC(=O)NC. The van der Waals surface area contributed by atoms with Gasteiger partial charge >= 0.3 is 0 Å². The average molecular weight is 358 g/mol. The summed E-state index contributed by atoms with van der Waals surface area (Å²) in [5, 5.41) is 10.1. The van der Waals surface area contributed by atoms with E-state index in [0.29, 0.717) is 19.6 Å². The summed E-state index contributed by atoms with van der Waals surface area (Å²) in [5.74, 6) is -0.685. The highest BCUT2D eigenvalue weighted by atomic mass is 16.2. The van der Waals surface area contributed by atoms with Gasteiger partial charge in [-0.25, -0.2) is 0 Å². The zero-order valence-corrected chi connectivity index (χ0v) is 15.5. The first-order chi connectivity index (χ1) is 11.9. The summed E-state index contributed by atoms with van der Waals surface area (Å²) in [6.45, 7) is 1.55. The number of hydrogen-bond acceptors (Lipinski definition) is 6. The third-order valence-electron chi connectivity index (χ3n) is 3.60. The molecule has 10 heteroatoms. The van der Waals surface area contributed by atoms with Crippen molar-refractivity contribution in [1.82, 2.24) is 31.1 Å². The predicted molar refractivity (Wildman–Crippen MR) is 93.8 cm³/mol. The maximum absolute atomic E-state index is 11.6. The molecular weight excluding hydrogens is 328 g/mol. The van der Waals surface area contributed by atoms with Crippen LogP contribution in [-0.2, 0) is 19.2 Å². The summed E-state index contributed by atoms with van der Waals surface area (Å²) in [5.41, 5.74) is 0. The second-order valence-corrected chi connectivity index (χ2v) is 5.43. The molecule has 0 bridgehead atoms. The standard InChI is InChI=1S/C15H30N6O4/c1-16-12(22)5-6-20(9-13(23)17-2)7-8-21(10-14(24)18-3)11-15(25)19-4/h5-11H2,1-4H3,(H,16,22)(H,17,23)(H,18,24)(H,19,25). The van der Waals surface area contributed by atoms with Crippen molar-refractivity contribution >= 4 is 23.6 Å². The monoisotopic (exact) mass is 358 g/mol. The lowest BCUT2D eigenvalue weighted by atomic mass is 10.3. The molecule has 0 fully saturated rings. The van der Waals surface area contributed by atoms with E-state index in [2.05, 4.69) is 21.3 Å². The number of hydrogen-bond donors (Lipinski definition) is 4. The molecule has 0 unspecified atom stereocenters. The van der Waals surface area contributed by atoms with Crippen molar-refractivity contribution in [1.29, 1.82) is 0 Å². The van der Waals surface area contributed by atoms with Gasteiger partial charge in [0.05, 0.1) is 19.6 Å². The minimum Gasteiger partial charge on any atom is -0.359 e. The van der Waals surface area contributed by atoms with E-state index >= 15 is 0 Å². The number of rotatable bonds is 12. The van der Waals surface area contributed by atoms with Gasteiger partial charge in [0, 0.05) is 54.2 Å². The molecule has 0 saturated carbocycles. The van der Waals surface area contributed by atoms with E-state index in [0.717, 1.165) is 0 Å². The highest BCUT2D eigenvalue weighted by molar-refractivity contribution is 5.81. The summed E-state index contributed by atoms with van der Waals surface area (Å²) in [7, 11) is 6.16. The van der Waals surface area contributed by atoms with Gasteiger partial charge in [-0.15, -0.1) is 0 Å². The molecule has 144 valence electrons. The summed E-state index contributed by atoms with van der Waals surface area (Å²) in [6.07, 6.45) is 0.262. The molecule has 10 nitrogen and oxygen atoms in total. The largest absolute Gasteiger partial charge is 0.359 e. The van der Waals surface area contributed by atoms with Gasteiger partial charge in [0.2, 0.25) is 23.6 Å². The number of carbonyl (C=O) groups is 4. The molecule has 0 saturated heterocycles. The van der Waals surface area contributed by atoms with Gasteiger partial charge in [-0.1, -0.05) is 0 Å². The van der Waals surface area contributed by atoms with E-state index in [1.807, 2.05) is 4.90 Å². The Morgan fingerprint density at radius 1 is 0.560 bits per heavy atom. The van der Waals surface area contributed by atoms with Crippen molar-refractivity contribution in [3.63, 3.8) is 0 Å². The number of likely N-dealkylation sites (N-methyl/N-ethyl adjacent to an activating group) is 3. The lowest BCUT2D eigenvalue weighted by Gasteiger charge is -2.26. The topological polar surface area (TPSA) is 123 Å². The fourth-order valence-corrected chi connectivity index (χ4v) is 2.00. The molecule has 4 N–H and O–H groups in total. The molecule has 0 aromatic heterocycles. The second kappa shape index (κ2) is 13.1. The summed E-state index contributed by atoms with van der Waals surface area (Å²) >= 11 is 0. The molecule has 0 aliphatic rings. The Kier molecular flexibility index (Phi) is 12.0. The van der Waals surface area contributed by atoms with E-state index in [1.165, 1.54) is 14.1 Å². The van der Waals surface area contributed by atoms with Crippen molar-refractivity contribution in [3.05, 3.63) is 0 Å². The average Bonchev–Trinajstić information content (AvgIpc) is 2.62. The lowest BCUT2D eigenvalue weighted by molar-refractivity contribution is -0.125. The van der Waals surface area contributed by atoms with Crippen molar-refractivity contribution in [2.75, 3.05) is 67.5 Å². The van der Waals surface area contributed by atoms with E-state index in [1.54, 1.807) is 19.0 Å². The number of nitrogens with one attached hydrogen (secondary N) is 4. The van der Waals surface area contributed by atoms with Crippen LogP contribution in [0.15, 0.2) is 0 Å². The zero-order valence-electron chi connectivity index (χ0n) is 15.5. The van der Waals surface area contributed by atoms with Crippen LogP contribution in [0.1, 0.15) is 6.42 Å². The van der Waals surface area contributed by atoms with Gasteiger partial charge in [0.25, 0.3) is 0 Å². The summed E-state index contributed by atoms with van der Waals surface area (Å²) in [4.78, 5) is 49.8. The second-order valence-electron chi connectivity index (χ2n) is 5.43. The molecule has 0 radical (unpaired) electrons. The van der Waals surface area contributed by atoms with Crippen LogP contribution in [0.25, 0.3) is 0 Å². The van der Waals surface area contributed by atoms with E-state index < -0.39 is 0 Å². The Balaban J connectivity index is 4.76. The molecular formula is C15H30N6O4. The Morgan fingerprint density at radius 2 is 0.920 bits per heavy atom. The summed E-state index contributed by atoms with van der Waals surface area (Å²) < 4.78 is 0. The van der Waals surface area contributed by atoms with E-state index in [9.17, 15) is 19.2 Å². The molecule has 0 aliphatic carbocycles. The Morgan fingerprint density at radius 3 is 1.32 bits per heavy atom. The fourth-order valence-electron chi connectivity index (χ4n) is 2.00. The molecule has 4 amide bonds. The minimum atomic E-state index is -0.202. The Hall–Kier alpha value is -2.20. The predicted octanol–water partition coefficient (Wildman–Crippen LogP) is -3.04. The third-order valence-corrected chi connectivity index (χ3v) is 3.60. The smallest absolute Gasteiger partial charge is 0.233 e. The van der Waals surface area contributed by atoms with Crippen molar-refractivity contribution in [2.24, 2.45) is 0 Å². The molecule has 0 aromatic rings. The number of nitrogens with zero attached hydrogens (tertiary/aromatic N) is 2. The van der Waals surface area contributed by atoms with Crippen LogP contribution in [-0.4, -0.2) is 101 Å². The minimum absolute atomic E-state index is 0.0766. The number of amides is 4. The van der Waals surface area contributed by atoms with Gasteiger partial charge in [0.1, 0.15) is 0 Å². The Labute approximate surface area is 148 Å². The first-order valence-electron chi connectivity index (χ1n) is 8.13. The molecule has 0 spiro atoms. The van der Waals surface area contributed by atoms with Gasteiger partial charge in [-0.2, -0.15) is 0 Å². The van der Waals surface area contributed by atoms with Crippen LogP contribution in [0.4, 0.5) is 0 Å². The van der Waals surface area contributed by atoms with Crippen LogP contribution < -0.4 is 21.3 Å². The quantitative estimate of drug-likeness (QED) is 0.294. The molecule has 0 rings (SSSR count). The van der Waals surface area contributed by atoms with Gasteiger partial charge in [-0.05, 0) is 0 Å². The lowest BCUT2D eigenvalue weighted by Crippen LogP contribution is -2.46. The highest BCUT2D eigenvalue weighted by Gasteiger charge is 2.17. The van der Waals surface area contributed by atoms with Crippen molar-refractivity contribution in [2.45, 2.75) is 6.42 Å². The van der Waals surface area contributed by atoms with Crippen LogP contribution in [0.3, 0.4) is 0 Å². The first-order valence-corrected chi connectivity index (χ1v) is 8.13. The first kappa shape index (κ1) is 22.8. The maximum Gasteiger partial charge on any atom is 0.233 e. The van der Waals surface area contributed by atoms with Crippen LogP contribution in [0.2, 0.25) is 0 Å². The molecule has 25 heavy (non-hydrogen) atoms. The molecule has 0 heterocycles. The van der Waals surface area contributed by atoms with Crippen LogP contribution >= 0.6 is 0 Å². The van der Waals surface area contributed by atoms with Gasteiger partial charge in [0.15, 0.2) is 0 Å². The van der Waals surface area contributed by atoms with Crippen molar-refractivity contribution in [3.8, 4) is 0 Å². The molecule has 0 atom stereocenters. The van der Waals surface area contributed by atoms with Crippen LogP contribution in [0, 0.1) is 0 Å². The molecule has 0 aromatic carbocycles. The van der Waals surface area contributed by atoms with Crippen LogP contribution in [0.5, 0.6) is 0 Å².